The highest BCUT2D eigenvalue weighted by Crippen LogP contribution is 2.32. The second-order valence-corrected chi connectivity index (χ2v) is 7.03. The summed E-state index contributed by atoms with van der Waals surface area (Å²) in [6.45, 7) is 8.28. The van der Waals surface area contributed by atoms with Crippen LogP contribution in [0.15, 0.2) is 6.07 Å². The number of rotatable bonds is 1. The average Bonchev–Trinajstić information content (AvgIpc) is 2.66. The van der Waals surface area contributed by atoms with Gasteiger partial charge in [-0.3, -0.25) is 4.79 Å². The monoisotopic (exact) mass is 296 g/mol. The second-order valence-electron chi connectivity index (χ2n) is 5.89. The molecule has 0 unspecified atom stereocenters. The van der Waals surface area contributed by atoms with Crippen LogP contribution in [0.1, 0.15) is 38.1 Å². The molecule has 5 nitrogen and oxygen atoms in total. The molecule has 0 radical (unpaired) electrons. The van der Waals surface area contributed by atoms with Crippen molar-refractivity contribution in [2.24, 2.45) is 0 Å². The van der Waals surface area contributed by atoms with Gasteiger partial charge >= 0.3 is 6.09 Å². The number of hydrogen-bond acceptors (Lipinski definition) is 4. The Morgan fingerprint density at radius 3 is 2.70 bits per heavy atom. The first-order chi connectivity index (χ1) is 9.24. The Hall–Kier alpha value is -1.56. The summed E-state index contributed by atoms with van der Waals surface area (Å²) in [5, 5.41) is 3.63. The number of nitrogens with one attached hydrogen (secondary N) is 1. The molecule has 0 fully saturated rings. The average molecular weight is 296 g/mol. The van der Waals surface area contributed by atoms with E-state index in [4.69, 9.17) is 4.74 Å². The normalized spacial score (nSPS) is 14.7. The van der Waals surface area contributed by atoms with Gasteiger partial charge in [0.2, 0.25) is 5.91 Å². The Morgan fingerprint density at radius 2 is 2.10 bits per heavy atom. The second kappa shape index (κ2) is 5.44. The molecular weight excluding hydrogens is 276 g/mol. The summed E-state index contributed by atoms with van der Waals surface area (Å²) in [4.78, 5) is 25.9. The van der Waals surface area contributed by atoms with Gasteiger partial charge in [-0.2, -0.15) is 0 Å². The SMILES string of the molecule is CC(=O)Nc1cc2c(s1)CN(C(=O)OC(C)(C)C)CC2. The molecule has 6 heteroatoms. The highest BCUT2D eigenvalue weighted by atomic mass is 32.1. The quantitative estimate of drug-likeness (QED) is 0.866. The zero-order valence-electron chi connectivity index (χ0n) is 12.3. The van der Waals surface area contributed by atoms with E-state index in [-0.39, 0.29) is 12.0 Å². The van der Waals surface area contributed by atoms with Gasteiger partial charge in [-0.1, -0.05) is 0 Å². The van der Waals surface area contributed by atoms with E-state index in [1.54, 1.807) is 4.90 Å². The van der Waals surface area contributed by atoms with E-state index in [1.165, 1.54) is 23.8 Å². The van der Waals surface area contributed by atoms with Crippen LogP contribution >= 0.6 is 11.3 Å². The van der Waals surface area contributed by atoms with Gasteiger partial charge in [0.25, 0.3) is 0 Å². The van der Waals surface area contributed by atoms with Crippen molar-refractivity contribution in [2.75, 3.05) is 11.9 Å². The van der Waals surface area contributed by atoms with E-state index in [9.17, 15) is 9.59 Å². The highest BCUT2D eigenvalue weighted by molar-refractivity contribution is 7.16. The molecule has 2 heterocycles. The van der Waals surface area contributed by atoms with Crippen LogP contribution in [0, 0.1) is 0 Å². The fourth-order valence-corrected chi connectivity index (χ4v) is 3.21. The fourth-order valence-electron chi connectivity index (χ4n) is 2.04. The van der Waals surface area contributed by atoms with E-state index in [0.717, 1.165) is 16.3 Å². The van der Waals surface area contributed by atoms with Crippen LogP contribution in [0.5, 0.6) is 0 Å². The fraction of sp³-hybridized carbons (Fsp3) is 0.571. The van der Waals surface area contributed by atoms with Crippen molar-refractivity contribution in [3.05, 3.63) is 16.5 Å². The summed E-state index contributed by atoms with van der Waals surface area (Å²) in [5.74, 6) is -0.0763. The first-order valence-corrected chi connectivity index (χ1v) is 7.43. The predicted molar refractivity (Wildman–Crippen MR) is 79.0 cm³/mol. The lowest BCUT2D eigenvalue weighted by atomic mass is 10.1. The molecule has 1 N–H and O–H groups in total. The van der Waals surface area contributed by atoms with Gasteiger partial charge in [-0.05, 0) is 38.8 Å². The van der Waals surface area contributed by atoms with Crippen LogP contribution in [0.3, 0.4) is 0 Å². The molecule has 20 heavy (non-hydrogen) atoms. The molecule has 0 aliphatic carbocycles. The van der Waals surface area contributed by atoms with Crippen molar-refractivity contribution >= 4 is 28.3 Å². The van der Waals surface area contributed by atoms with Gasteiger partial charge < -0.3 is 15.0 Å². The van der Waals surface area contributed by atoms with Crippen molar-refractivity contribution in [1.82, 2.24) is 4.90 Å². The molecule has 0 saturated carbocycles. The number of fused-ring (bicyclic) bond motifs is 1. The molecule has 0 spiro atoms. The smallest absolute Gasteiger partial charge is 0.410 e. The number of carbonyl (C=O) groups is 2. The lowest BCUT2D eigenvalue weighted by Crippen LogP contribution is -2.39. The Labute approximate surface area is 122 Å². The van der Waals surface area contributed by atoms with Crippen LogP contribution in [0.2, 0.25) is 0 Å². The van der Waals surface area contributed by atoms with Crippen molar-refractivity contribution in [1.29, 1.82) is 0 Å². The van der Waals surface area contributed by atoms with E-state index < -0.39 is 5.60 Å². The van der Waals surface area contributed by atoms with E-state index in [1.807, 2.05) is 26.8 Å². The van der Waals surface area contributed by atoms with E-state index in [2.05, 4.69) is 5.32 Å². The molecule has 1 aromatic rings. The van der Waals surface area contributed by atoms with Gasteiger partial charge in [0, 0.05) is 18.3 Å². The number of anilines is 1. The summed E-state index contributed by atoms with van der Waals surface area (Å²) in [6, 6.07) is 1.99. The predicted octanol–water partition coefficient (Wildman–Crippen LogP) is 3.00. The molecule has 1 aliphatic rings. The largest absolute Gasteiger partial charge is 0.444 e. The minimum Gasteiger partial charge on any atom is -0.444 e. The number of hydrogen-bond donors (Lipinski definition) is 1. The van der Waals surface area contributed by atoms with Crippen molar-refractivity contribution in [2.45, 2.75) is 46.3 Å². The van der Waals surface area contributed by atoms with Crippen LogP contribution in [0.4, 0.5) is 9.80 Å². The number of nitrogens with zero attached hydrogens (tertiary/aromatic N) is 1. The molecule has 0 saturated heterocycles. The molecular formula is C14H20N2O3S. The Bertz CT molecular complexity index is 531. The maximum atomic E-state index is 12.0. The standard InChI is InChI=1S/C14H20N2O3S/c1-9(17)15-12-7-10-5-6-16(8-11(10)20-12)13(18)19-14(2,3)4/h7H,5-6,8H2,1-4H3,(H,15,17). The van der Waals surface area contributed by atoms with Crippen molar-refractivity contribution in [3.63, 3.8) is 0 Å². The Kier molecular flexibility index (Phi) is 4.04. The first kappa shape index (κ1) is 14.8. The summed E-state index contributed by atoms with van der Waals surface area (Å²) >= 11 is 1.52. The van der Waals surface area contributed by atoms with Gasteiger partial charge in [-0.15, -0.1) is 11.3 Å². The Balaban J connectivity index is 2.05. The molecule has 1 aromatic heterocycles. The summed E-state index contributed by atoms with van der Waals surface area (Å²) in [5.41, 5.74) is 0.729. The number of carbonyl (C=O) groups excluding carboxylic acids is 2. The zero-order chi connectivity index (χ0) is 14.9. The number of ether oxygens (including phenoxy) is 1. The maximum Gasteiger partial charge on any atom is 0.410 e. The third kappa shape index (κ3) is 3.72. The first-order valence-electron chi connectivity index (χ1n) is 6.62. The van der Waals surface area contributed by atoms with Gasteiger partial charge in [0.1, 0.15) is 5.60 Å². The van der Waals surface area contributed by atoms with E-state index >= 15 is 0 Å². The topological polar surface area (TPSA) is 58.6 Å². The molecule has 0 aromatic carbocycles. The van der Waals surface area contributed by atoms with Crippen LogP contribution in [0.25, 0.3) is 0 Å². The maximum absolute atomic E-state index is 12.0. The highest BCUT2D eigenvalue weighted by Gasteiger charge is 2.27. The third-order valence-electron chi connectivity index (χ3n) is 2.83. The van der Waals surface area contributed by atoms with Gasteiger partial charge in [0.05, 0.1) is 11.5 Å². The molecule has 110 valence electrons. The summed E-state index contributed by atoms with van der Waals surface area (Å²) in [7, 11) is 0. The minimum atomic E-state index is -0.478. The molecule has 1 aliphatic heterocycles. The summed E-state index contributed by atoms with van der Waals surface area (Å²) < 4.78 is 5.39. The lowest BCUT2D eigenvalue weighted by molar-refractivity contribution is -0.114. The molecule has 2 rings (SSSR count). The van der Waals surface area contributed by atoms with Gasteiger partial charge in [-0.25, -0.2) is 4.79 Å². The van der Waals surface area contributed by atoms with Crippen molar-refractivity contribution < 1.29 is 14.3 Å². The number of thiophene rings is 1. The third-order valence-corrected chi connectivity index (χ3v) is 3.91. The summed E-state index contributed by atoms with van der Waals surface area (Å²) in [6.07, 6.45) is 0.516. The number of amides is 2. The zero-order valence-corrected chi connectivity index (χ0v) is 13.1. The van der Waals surface area contributed by atoms with Gasteiger partial charge in [0.15, 0.2) is 0 Å². The van der Waals surface area contributed by atoms with Crippen LogP contribution < -0.4 is 5.32 Å². The van der Waals surface area contributed by atoms with Crippen LogP contribution in [-0.2, 0) is 22.5 Å². The van der Waals surface area contributed by atoms with E-state index in [0.29, 0.717) is 13.1 Å². The molecule has 0 atom stereocenters. The minimum absolute atomic E-state index is 0.0763. The Morgan fingerprint density at radius 1 is 1.40 bits per heavy atom. The molecule has 2 amide bonds. The molecule has 0 bridgehead atoms. The lowest BCUT2D eigenvalue weighted by Gasteiger charge is -2.29. The van der Waals surface area contributed by atoms with Crippen molar-refractivity contribution in [3.8, 4) is 0 Å². The van der Waals surface area contributed by atoms with Crippen LogP contribution in [-0.4, -0.2) is 29.0 Å².